The first kappa shape index (κ1) is 9.32. The molecule has 1 amide bonds. The highest BCUT2D eigenvalue weighted by atomic mass is 16.1. The summed E-state index contributed by atoms with van der Waals surface area (Å²) in [6, 6.07) is 7.25. The van der Waals surface area contributed by atoms with E-state index in [-0.39, 0.29) is 11.9 Å². The van der Waals surface area contributed by atoms with E-state index < -0.39 is 0 Å². The van der Waals surface area contributed by atoms with Crippen molar-refractivity contribution in [1.82, 2.24) is 20.6 Å². The summed E-state index contributed by atoms with van der Waals surface area (Å²) in [5.74, 6) is -0.0818. The van der Waals surface area contributed by atoms with E-state index in [0.29, 0.717) is 5.56 Å². The van der Waals surface area contributed by atoms with Crippen molar-refractivity contribution in [3.8, 4) is 0 Å². The molecule has 1 heterocycles. The predicted molar refractivity (Wildman–Crippen MR) is 53.3 cm³/mol. The highest BCUT2D eigenvalue weighted by Gasteiger charge is 2.07. The number of amides is 1. The summed E-state index contributed by atoms with van der Waals surface area (Å²) >= 11 is 0. The van der Waals surface area contributed by atoms with Gasteiger partial charge in [-0.05, 0) is 24.3 Å². The molecule has 0 spiro atoms. The lowest BCUT2D eigenvalue weighted by Crippen LogP contribution is -2.13. The van der Waals surface area contributed by atoms with Crippen LogP contribution in [0.1, 0.15) is 15.9 Å². The van der Waals surface area contributed by atoms with Crippen LogP contribution in [0.3, 0.4) is 0 Å². The van der Waals surface area contributed by atoms with E-state index in [0.717, 1.165) is 5.56 Å². The number of H-pyrrole nitrogens is 1. The number of nitrogens with zero attached hydrogens (tertiary/aromatic N) is 3. The van der Waals surface area contributed by atoms with Crippen LogP contribution < -0.4 is 5.32 Å². The Balaban J connectivity index is 2.15. The Morgan fingerprint density at radius 3 is 3.00 bits per heavy atom. The van der Waals surface area contributed by atoms with Gasteiger partial charge in [-0.1, -0.05) is 22.8 Å². The van der Waals surface area contributed by atoms with Crippen LogP contribution in [0.15, 0.2) is 24.3 Å². The quantitative estimate of drug-likeness (QED) is 0.754. The molecule has 0 aliphatic rings. The van der Waals surface area contributed by atoms with Gasteiger partial charge < -0.3 is 0 Å². The minimum atomic E-state index is -0.250. The number of hydrogen-bond donors (Lipinski definition) is 2. The van der Waals surface area contributed by atoms with Crippen molar-refractivity contribution in [2.45, 2.75) is 6.92 Å². The lowest BCUT2D eigenvalue weighted by atomic mass is 10.1. The molecule has 2 N–H and O–H groups in total. The Labute approximate surface area is 85.7 Å². The van der Waals surface area contributed by atoms with Gasteiger partial charge >= 0.3 is 0 Å². The van der Waals surface area contributed by atoms with Crippen LogP contribution >= 0.6 is 0 Å². The second-order valence-corrected chi connectivity index (χ2v) is 3.06. The van der Waals surface area contributed by atoms with E-state index in [1.54, 1.807) is 12.1 Å². The van der Waals surface area contributed by atoms with Gasteiger partial charge in [-0.15, -0.1) is 5.10 Å². The smallest absolute Gasteiger partial charge is 0.270 e. The van der Waals surface area contributed by atoms with Crippen LogP contribution in [0.5, 0.6) is 0 Å². The van der Waals surface area contributed by atoms with Crippen molar-refractivity contribution in [3.63, 3.8) is 0 Å². The average molecular weight is 203 g/mol. The SMILES string of the molecule is Cc1cccc(C(=O)Nc2nn[nH]n2)c1. The molecule has 0 fully saturated rings. The highest BCUT2D eigenvalue weighted by molar-refractivity contribution is 6.03. The monoisotopic (exact) mass is 203 g/mol. The third-order valence-electron chi connectivity index (χ3n) is 1.85. The molecule has 0 saturated carbocycles. The summed E-state index contributed by atoms with van der Waals surface area (Å²) in [6.45, 7) is 1.92. The number of benzene rings is 1. The van der Waals surface area contributed by atoms with Gasteiger partial charge in [-0.3, -0.25) is 10.1 Å². The van der Waals surface area contributed by atoms with Crippen molar-refractivity contribution in [1.29, 1.82) is 0 Å². The molecule has 0 atom stereocenters. The van der Waals surface area contributed by atoms with Crippen LogP contribution in [-0.4, -0.2) is 26.5 Å². The Hall–Kier alpha value is -2.24. The normalized spacial score (nSPS) is 9.93. The molecule has 0 aliphatic carbocycles. The number of carbonyl (C=O) groups excluding carboxylic acids is 1. The molecule has 2 rings (SSSR count). The molecular weight excluding hydrogens is 194 g/mol. The number of aromatic nitrogens is 4. The zero-order chi connectivity index (χ0) is 10.7. The van der Waals surface area contributed by atoms with Crippen molar-refractivity contribution in [2.24, 2.45) is 0 Å². The molecule has 0 bridgehead atoms. The highest BCUT2D eigenvalue weighted by Crippen LogP contribution is 2.05. The fraction of sp³-hybridized carbons (Fsp3) is 0.111. The van der Waals surface area contributed by atoms with Gasteiger partial charge in [0.2, 0.25) is 0 Å². The number of anilines is 1. The third-order valence-corrected chi connectivity index (χ3v) is 1.85. The first-order valence-electron chi connectivity index (χ1n) is 4.37. The van der Waals surface area contributed by atoms with Crippen molar-refractivity contribution >= 4 is 11.9 Å². The van der Waals surface area contributed by atoms with E-state index in [1.807, 2.05) is 19.1 Å². The Morgan fingerprint density at radius 1 is 1.47 bits per heavy atom. The molecule has 0 aliphatic heterocycles. The molecule has 0 radical (unpaired) electrons. The zero-order valence-electron chi connectivity index (χ0n) is 8.06. The lowest BCUT2D eigenvalue weighted by molar-refractivity contribution is 0.102. The summed E-state index contributed by atoms with van der Waals surface area (Å²) in [5.41, 5.74) is 1.59. The summed E-state index contributed by atoms with van der Waals surface area (Å²) < 4.78 is 0. The van der Waals surface area contributed by atoms with Crippen molar-refractivity contribution < 1.29 is 4.79 Å². The molecule has 0 unspecified atom stereocenters. The summed E-state index contributed by atoms with van der Waals surface area (Å²) in [4.78, 5) is 11.6. The van der Waals surface area contributed by atoms with Gasteiger partial charge in [0.15, 0.2) is 0 Å². The van der Waals surface area contributed by atoms with Crippen molar-refractivity contribution in [2.75, 3.05) is 5.32 Å². The Bertz CT molecular complexity index is 465. The molecule has 15 heavy (non-hydrogen) atoms. The summed E-state index contributed by atoms with van der Waals surface area (Å²) in [6.07, 6.45) is 0. The van der Waals surface area contributed by atoms with Crippen LogP contribution in [0.4, 0.5) is 5.95 Å². The number of carbonyl (C=O) groups is 1. The van der Waals surface area contributed by atoms with Gasteiger partial charge in [-0.2, -0.15) is 5.21 Å². The van der Waals surface area contributed by atoms with E-state index in [2.05, 4.69) is 25.9 Å². The van der Waals surface area contributed by atoms with Crippen LogP contribution in [0.25, 0.3) is 0 Å². The minimum absolute atomic E-state index is 0.168. The fourth-order valence-corrected chi connectivity index (χ4v) is 1.17. The van der Waals surface area contributed by atoms with Crippen LogP contribution in [0.2, 0.25) is 0 Å². The number of hydrogen-bond acceptors (Lipinski definition) is 4. The van der Waals surface area contributed by atoms with E-state index in [4.69, 9.17) is 0 Å². The zero-order valence-corrected chi connectivity index (χ0v) is 8.06. The van der Waals surface area contributed by atoms with Gasteiger partial charge in [-0.25, -0.2) is 0 Å². The molecule has 1 aromatic carbocycles. The van der Waals surface area contributed by atoms with Gasteiger partial charge in [0.25, 0.3) is 11.9 Å². The van der Waals surface area contributed by atoms with Crippen molar-refractivity contribution in [3.05, 3.63) is 35.4 Å². The molecule has 0 saturated heterocycles. The van der Waals surface area contributed by atoms with Gasteiger partial charge in [0.1, 0.15) is 0 Å². The Kier molecular flexibility index (Phi) is 2.40. The predicted octanol–water partition coefficient (Wildman–Crippen LogP) is 0.760. The average Bonchev–Trinajstić information content (AvgIpc) is 2.70. The van der Waals surface area contributed by atoms with E-state index in [9.17, 15) is 4.79 Å². The van der Waals surface area contributed by atoms with Gasteiger partial charge in [0, 0.05) is 5.56 Å². The second kappa shape index (κ2) is 3.87. The second-order valence-electron chi connectivity index (χ2n) is 3.06. The topological polar surface area (TPSA) is 83.6 Å². The minimum Gasteiger partial charge on any atom is -0.288 e. The number of tetrazole rings is 1. The number of rotatable bonds is 2. The standard InChI is InChI=1S/C9H9N5O/c1-6-3-2-4-7(5-6)8(15)10-9-11-13-14-12-9/h2-5H,1H3,(H2,10,11,12,13,14,15). The molecule has 1 aromatic heterocycles. The summed E-state index contributed by atoms with van der Waals surface area (Å²) in [7, 11) is 0. The van der Waals surface area contributed by atoms with E-state index in [1.165, 1.54) is 0 Å². The number of aryl methyl sites for hydroxylation is 1. The largest absolute Gasteiger partial charge is 0.288 e. The lowest BCUT2D eigenvalue weighted by Gasteiger charge is -2.00. The third kappa shape index (κ3) is 2.16. The maximum atomic E-state index is 11.6. The molecule has 6 nitrogen and oxygen atoms in total. The van der Waals surface area contributed by atoms with Crippen LogP contribution in [-0.2, 0) is 0 Å². The first-order chi connectivity index (χ1) is 7.25. The summed E-state index contributed by atoms with van der Waals surface area (Å²) in [5, 5.41) is 15.3. The maximum absolute atomic E-state index is 11.6. The molecule has 2 aromatic rings. The Morgan fingerprint density at radius 2 is 2.33 bits per heavy atom. The fourth-order valence-electron chi connectivity index (χ4n) is 1.17. The molecule has 76 valence electrons. The first-order valence-corrected chi connectivity index (χ1v) is 4.37. The molecule has 6 heteroatoms. The molecular formula is C9H9N5O. The number of aromatic amines is 1. The maximum Gasteiger partial charge on any atom is 0.270 e. The van der Waals surface area contributed by atoms with Crippen LogP contribution in [0, 0.1) is 6.92 Å². The van der Waals surface area contributed by atoms with Gasteiger partial charge in [0.05, 0.1) is 0 Å². The van der Waals surface area contributed by atoms with E-state index >= 15 is 0 Å². The number of nitrogens with one attached hydrogen (secondary N) is 2.